The molecule has 0 N–H and O–H groups in total. The van der Waals surface area contributed by atoms with Gasteiger partial charge in [0.25, 0.3) is 0 Å². The van der Waals surface area contributed by atoms with Gasteiger partial charge >= 0.3 is 0 Å². The molecule has 0 aliphatic carbocycles. The summed E-state index contributed by atoms with van der Waals surface area (Å²) < 4.78 is 19.1. The van der Waals surface area contributed by atoms with Crippen molar-refractivity contribution in [3.8, 4) is 106 Å². The third kappa shape index (κ3) is 12.7. The van der Waals surface area contributed by atoms with Crippen LogP contribution in [0.4, 0.5) is 0 Å². The SMILES string of the molecule is c1ccc(-c2ccc3sc4c(ccc5c4c4cccc(-c6ccc(-c7ccccn7)cc6)c4n5-c4ccccc4)c3c2)cc1.c1ccc(-c2ccnc(-c3cccc(-c4cccc5c6c7sc8ccccc8c7ccc6n(-c6ccccc6)c45)c3)c2)cc1.c1ccc(-c2ccnc(-c3cccc4c5c6oc7ccccc7c6ccc5n(-c5ccccc5)c34)c2)cc1. The third-order valence-electron chi connectivity index (χ3n) is 24.8. The van der Waals surface area contributed by atoms with Crippen molar-refractivity contribution in [1.29, 1.82) is 0 Å². The Morgan fingerprint density at radius 1 is 0.206 bits per heavy atom. The molecule has 26 aromatic rings. The van der Waals surface area contributed by atoms with Gasteiger partial charge in [-0.05, 0) is 172 Å². The number of nitrogens with zero attached hydrogens (tertiary/aromatic N) is 6. The van der Waals surface area contributed by atoms with E-state index in [4.69, 9.17) is 14.4 Å². The van der Waals surface area contributed by atoms with Crippen molar-refractivity contribution < 1.29 is 4.42 Å². The van der Waals surface area contributed by atoms with E-state index in [9.17, 15) is 0 Å². The summed E-state index contributed by atoms with van der Waals surface area (Å²) in [6, 6.07) is 154. The number of furan rings is 1. The van der Waals surface area contributed by atoms with Crippen LogP contribution in [0.15, 0.2) is 454 Å². The van der Waals surface area contributed by atoms with Crippen molar-refractivity contribution in [2.45, 2.75) is 0 Å². The van der Waals surface area contributed by atoms with Gasteiger partial charge in [-0.2, -0.15) is 0 Å². The molecule has 9 heterocycles. The second-order valence-electron chi connectivity index (χ2n) is 32.0. The molecule has 0 saturated carbocycles. The first-order chi connectivity index (χ1) is 62.5. The van der Waals surface area contributed by atoms with E-state index in [2.05, 4.69) is 419 Å². The van der Waals surface area contributed by atoms with Crippen molar-refractivity contribution in [2.24, 2.45) is 0 Å². The lowest BCUT2D eigenvalue weighted by Gasteiger charge is -2.13. The van der Waals surface area contributed by atoms with E-state index in [1.54, 1.807) is 0 Å². The molecule has 9 heteroatoms. The summed E-state index contributed by atoms with van der Waals surface area (Å²) in [4.78, 5) is 14.2. The minimum atomic E-state index is 0.906. The van der Waals surface area contributed by atoms with Crippen LogP contribution in [0.3, 0.4) is 0 Å². The summed E-state index contributed by atoms with van der Waals surface area (Å²) >= 11 is 3.79. The van der Waals surface area contributed by atoms with E-state index >= 15 is 0 Å². The molecule has 0 bridgehead atoms. The normalized spacial score (nSPS) is 11.7. The fraction of sp³-hybridized carbons (Fsp3) is 0. The highest BCUT2D eigenvalue weighted by Crippen LogP contribution is 2.50. The van der Waals surface area contributed by atoms with Gasteiger partial charge in [0, 0.05) is 142 Å². The van der Waals surface area contributed by atoms with Gasteiger partial charge in [-0.3, -0.25) is 15.0 Å². The van der Waals surface area contributed by atoms with Crippen molar-refractivity contribution in [2.75, 3.05) is 0 Å². The van der Waals surface area contributed by atoms with E-state index < -0.39 is 0 Å². The average molecular weight is 1640 g/mol. The Morgan fingerprint density at radius 2 is 0.611 bits per heavy atom. The lowest BCUT2D eigenvalue weighted by atomic mass is 9.98. The van der Waals surface area contributed by atoms with Gasteiger partial charge in [-0.15, -0.1) is 22.7 Å². The van der Waals surface area contributed by atoms with Crippen LogP contribution in [-0.4, -0.2) is 28.7 Å². The van der Waals surface area contributed by atoms with Gasteiger partial charge in [0.2, 0.25) is 0 Å². The molecule has 126 heavy (non-hydrogen) atoms. The monoisotopic (exact) mass is 1640 g/mol. The van der Waals surface area contributed by atoms with Crippen molar-refractivity contribution in [3.05, 3.63) is 449 Å². The van der Waals surface area contributed by atoms with Crippen molar-refractivity contribution in [1.82, 2.24) is 28.7 Å². The van der Waals surface area contributed by atoms with Gasteiger partial charge in [-0.1, -0.05) is 303 Å². The third-order valence-corrected chi connectivity index (χ3v) is 27.2. The predicted molar refractivity (Wildman–Crippen MR) is 532 cm³/mol. The summed E-state index contributed by atoms with van der Waals surface area (Å²) in [6.07, 6.45) is 5.66. The summed E-state index contributed by atoms with van der Waals surface area (Å²) in [7, 11) is 0. The Balaban J connectivity index is 0.000000106. The number of hydrogen-bond acceptors (Lipinski definition) is 6. The van der Waals surface area contributed by atoms with Gasteiger partial charge < -0.3 is 18.1 Å². The molecule has 0 saturated heterocycles. The molecule has 26 rings (SSSR count). The molecular weight excluding hydrogens is 1570 g/mol. The standard InChI is InChI=1S/2C41H26N2S.C35H22N2O/c1-3-11-27(12-4-1)28-23-24-42-36(26-28)30-14-9-13-29(25-30)32-18-10-19-35-39-37(43(40(32)35)31-15-5-2-6-16-31)22-21-34-33-17-7-8-20-38(33)44-41(34)39;1-3-10-27(11-4-1)30-21-24-38-35(26-30)33-22-23-37-39(41(33)44-38)34-15-9-14-32(40(34)43(37)31-12-5-2-6-13-31)28-17-19-29(20-18-28)36-16-7-8-25-42-36;1-3-10-23(11-4-1)24-20-21-36-30(22-24)28-15-9-16-29-33-31(37(34(28)29)25-12-5-2-6-13-25)19-18-27-26-14-7-8-17-32(26)38-35(27)33/h2*1-26H;1-22H. The summed E-state index contributed by atoms with van der Waals surface area (Å²) in [5, 5.41) is 15.0. The maximum absolute atomic E-state index is 6.52. The minimum absolute atomic E-state index is 0.906. The molecule has 0 aliphatic rings. The molecule has 0 radical (unpaired) electrons. The van der Waals surface area contributed by atoms with Gasteiger partial charge in [0.1, 0.15) is 11.2 Å². The highest BCUT2D eigenvalue weighted by molar-refractivity contribution is 7.27. The fourth-order valence-corrected chi connectivity index (χ4v) is 21.6. The summed E-state index contributed by atoms with van der Waals surface area (Å²) in [5.74, 6) is 0. The van der Waals surface area contributed by atoms with Gasteiger partial charge in [-0.25, -0.2) is 0 Å². The molecule has 7 nitrogen and oxygen atoms in total. The van der Waals surface area contributed by atoms with Crippen LogP contribution in [-0.2, 0) is 0 Å². The molecule has 0 spiro atoms. The number of thiophene rings is 2. The van der Waals surface area contributed by atoms with E-state index in [1.165, 1.54) is 134 Å². The van der Waals surface area contributed by atoms with Gasteiger partial charge in [0.15, 0.2) is 0 Å². The largest absolute Gasteiger partial charge is 0.455 e. The second-order valence-corrected chi connectivity index (χ2v) is 34.1. The summed E-state index contributed by atoms with van der Waals surface area (Å²) in [6.45, 7) is 0. The molecule has 0 atom stereocenters. The molecule has 0 unspecified atom stereocenters. The zero-order valence-corrected chi connectivity index (χ0v) is 69.8. The number of rotatable bonds is 11. The molecule has 590 valence electrons. The van der Waals surface area contributed by atoms with Crippen LogP contribution in [0.5, 0.6) is 0 Å². The van der Waals surface area contributed by atoms with Crippen LogP contribution >= 0.6 is 22.7 Å². The fourth-order valence-electron chi connectivity index (χ4n) is 19.1. The van der Waals surface area contributed by atoms with Crippen LogP contribution in [0.2, 0.25) is 0 Å². The van der Waals surface area contributed by atoms with Crippen LogP contribution in [0, 0.1) is 0 Å². The number of hydrogen-bond donors (Lipinski definition) is 0. The maximum Gasteiger partial charge on any atom is 0.145 e. The first-order valence-electron chi connectivity index (χ1n) is 42.6. The van der Waals surface area contributed by atoms with E-state index in [0.717, 1.165) is 100 Å². The Morgan fingerprint density at radius 3 is 1.19 bits per heavy atom. The molecule has 17 aromatic carbocycles. The molecular formula is C117H74N6OS2. The highest BCUT2D eigenvalue weighted by Gasteiger charge is 2.26. The predicted octanol–water partition coefficient (Wildman–Crippen LogP) is 32.5. The second kappa shape index (κ2) is 31.1. The number of pyridine rings is 3. The van der Waals surface area contributed by atoms with Crippen LogP contribution in [0.25, 0.3) is 234 Å². The van der Waals surface area contributed by atoms with E-state index in [0.29, 0.717) is 0 Å². The Hall–Kier alpha value is -16.2. The number of para-hydroxylation sites is 7. The van der Waals surface area contributed by atoms with Crippen molar-refractivity contribution >= 4 is 150 Å². The zero-order chi connectivity index (χ0) is 83.1. The smallest absolute Gasteiger partial charge is 0.145 e. The maximum atomic E-state index is 6.52. The Bertz CT molecular complexity index is 8680. The zero-order valence-electron chi connectivity index (χ0n) is 68.1. The van der Waals surface area contributed by atoms with E-state index in [1.807, 2.05) is 71.6 Å². The van der Waals surface area contributed by atoms with Crippen LogP contribution < -0.4 is 0 Å². The minimum Gasteiger partial charge on any atom is -0.455 e. The Kier molecular flexibility index (Phi) is 18.2. The molecule has 9 aromatic heterocycles. The lowest BCUT2D eigenvalue weighted by Crippen LogP contribution is -1.96. The molecule has 0 fully saturated rings. The Labute approximate surface area is 733 Å². The van der Waals surface area contributed by atoms with E-state index in [-0.39, 0.29) is 0 Å². The van der Waals surface area contributed by atoms with Crippen LogP contribution in [0.1, 0.15) is 0 Å². The summed E-state index contributed by atoms with van der Waals surface area (Å²) in [5.41, 5.74) is 30.6. The number of fused-ring (bicyclic) bond motifs is 21. The number of benzene rings is 17. The van der Waals surface area contributed by atoms with Gasteiger partial charge in [0.05, 0.1) is 55.6 Å². The number of aromatic nitrogens is 6. The topological polar surface area (TPSA) is 66.6 Å². The molecule has 0 amide bonds. The van der Waals surface area contributed by atoms with Crippen molar-refractivity contribution in [3.63, 3.8) is 0 Å². The first kappa shape index (κ1) is 73.7. The quantitative estimate of drug-likeness (QED) is 0.129. The highest BCUT2D eigenvalue weighted by atomic mass is 32.1. The first-order valence-corrected chi connectivity index (χ1v) is 44.2. The average Bonchev–Trinajstić information content (AvgIpc) is 1.56. The molecule has 0 aliphatic heterocycles. The lowest BCUT2D eigenvalue weighted by molar-refractivity contribution is 0.673.